The van der Waals surface area contributed by atoms with Crippen molar-refractivity contribution < 1.29 is 22.8 Å². The minimum absolute atomic E-state index is 0.0288. The molecule has 3 aromatic rings. The van der Waals surface area contributed by atoms with Crippen molar-refractivity contribution in [3.05, 3.63) is 89.7 Å². The number of hydrogen-bond donors (Lipinski definition) is 1. The second kappa shape index (κ2) is 10.2. The lowest BCUT2D eigenvalue weighted by Gasteiger charge is -2.14. The molecule has 1 heterocycles. The van der Waals surface area contributed by atoms with Gasteiger partial charge in [0.05, 0.1) is 17.7 Å². The molecule has 2 aromatic carbocycles. The zero-order valence-corrected chi connectivity index (χ0v) is 18.0. The van der Waals surface area contributed by atoms with Crippen LogP contribution in [0.5, 0.6) is 5.75 Å². The van der Waals surface area contributed by atoms with Crippen LogP contribution in [0.4, 0.5) is 0 Å². The average molecular weight is 442 g/mol. The van der Waals surface area contributed by atoms with E-state index in [2.05, 4.69) is 10.3 Å². The number of nitrogens with zero attached hydrogens (tertiary/aromatic N) is 2. The van der Waals surface area contributed by atoms with Gasteiger partial charge in [-0.25, -0.2) is 8.42 Å². The number of sulfonamides is 1. The summed E-state index contributed by atoms with van der Waals surface area (Å²) in [5.74, 6) is 0.313. The van der Waals surface area contributed by atoms with Crippen molar-refractivity contribution in [1.29, 1.82) is 0 Å². The van der Waals surface area contributed by atoms with E-state index in [-0.39, 0.29) is 22.9 Å². The molecule has 1 N–H and O–H groups in total. The molecule has 0 aliphatic rings. The Balaban J connectivity index is 1.58. The van der Waals surface area contributed by atoms with E-state index >= 15 is 0 Å². The predicted molar refractivity (Wildman–Crippen MR) is 115 cm³/mol. The fourth-order valence-corrected chi connectivity index (χ4v) is 3.69. The molecule has 0 radical (unpaired) electrons. The van der Waals surface area contributed by atoms with Gasteiger partial charge in [0.25, 0.3) is 15.9 Å². The number of rotatable bonds is 9. The SMILES string of the molecule is CON(C)S(=O)(=O)c1cccc(C(=O)NCc2ccc(OCc3ccccn3)cc2)c1. The Kier molecular flexibility index (Phi) is 7.35. The Morgan fingerprint density at radius 1 is 1.06 bits per heavy atom. The lowest BCUT2D eigenvalue weighted by atomic mass is 10.2. The first-order valence-electron chi connectivity index (χ1n) is 9.43. The predicted octanol–water partition coefficient (Wildman–Crippen LogP) is 2.77. The molecule has 9 heteroatoms. The molecule has 31 heavy (non-hydrogen) atoms. The highest BCUT2D eigenvalue weighted by atomic mass is 32.2. The molecule has 162 valence electrons. The molecular weight excluding hydrogens is 418 g/mol. The van der Waals surface area contributed by atoms with Crippen LogP contribution >= 0.6 is 0 Å². The summed E-state index contributed by atoms with van der Waals surface area (Å²) in [6.45, 7) is 0.655. The van der Waals surface area contributed by atoms with Crippen LogP contribution in [0, 0.1) is 0 Å². The highest BCUT2D eigenvalue weighted by Crippen LogP contribution is 2.17. The van der Waals surface area contributed by atoms with Crippen molar-refractivity contribution in [3.8, 4) is 5.75 Å². The van der Waals surface area contributed by atoms with E-state index in [0.29, 0.717) is 12.4 Å². The molecule has 1 amide bonds. The van der Waals surface area contributed by atoms with Gasteiger partial charge in [0.15, 0.2) is 0 Å². The number of ether oxygens (including phenoxy) is 1. The van der Waals surface area contributed by atoms with E-state index < -0.39 is 10.0 Å². The molecule has 0 bridgehead atoms. The molecule has 1 aromatic heterocycles. The van der Waals surface area contributed by atoms with E-state index in [9.17, 15) is 13.2 Å². The number of pyridine rings is 1. The second-order valence-corrected chi connectivity index (χ2v) is 8.50. The third-order valence-electron chi connectivity index (χ3n) is 4.48. The third-order valence-corrected chi connectivity index (χ3v) is 6.15. The highest BCUT2D eigenvalue weighted by Gasteiger charge is 2.21. The van der Waals surface area contributed by atoms with Crippen molar-refractivity contribution >= 4 is 15.9 Å². The van der Waals surface area contributed by atoms with Gasteiger partial charge >= 0.3 is 0 Å². The zero-order chi connectivity index (χ0) is 22.3. The summed E-state index contributed by atoms with van der Waals surface area (Å²) >= 11 is 0. The first-order chi connectivity index (χ1) is 14.9. The Morgan fingerprint density at radius 2 is 1.84 bits per heavy atom. The van der Waals surface area contributed by atoms with Gasteiger partial charge in [-0.15, -0.1) is 0 Å². The second-order valence-electron chi connectivity index (χ2n) is 6.56. The van der Waals surface area contributed by atoms with E-state index in [1.54, 1.807) is 12.3 Å². The molecule has 0 saturated heterocycles. The number of hydrogen-bond acceptors (Lipinski definition) is 6. The molecule has 0 aliphatic carbocycles. The monoisotopic (exact) mass is 441 g/mol. The van der Waals surface area contributed by atoms with Crippen LogP contribution in [0.3, 0.4) is 0 Å². The van der Waals surface area contributed by atoms with Crippen LogP contribution in [-0.2, 0) is 28.0 Å². The van der Waals surface area contributed by atoms with Crippen molar-refractivity contribution in [2.24, 2.45) is 0 Å². The van der Waals surface area contributed by atoms with Gasteiger partial charge in [0, 0.05) is 25.4 Å². The molecule has 0 spiro atoms. The van der Waals surface area contributed by atoms with Crippen LogP contribution in [0.2, 0.25) is 0 Å². The van der Waals surface area contributed by atoms with Crippen molar-refractivity contribution in [2.45, 2.75) is 18.0 Å². The number of carbonyl (C=O) groups excluding carboxylic acids is 1. The van der Waals surface area contributed by atoms with E-state index in [1.165, 1.54) is 32.4 Å². The van der Waals surface area contributed by atoms with Crippen LogP contribution in [0.1, 0.15) is 21.6 Å². The van der Waals surface area contributed by atoms with Gasteiger partial charge < -0.3 is 10.1 Å². The summed E-state index contributed by atoms with van der Waals surface area (Å²) < 4.78 is 31.1. The maximum absolute atomic E-state index is 12.5. The summed E-state index contributed by atoms with van der Waals surface area (Å²) in [4.78, 5) is 21.4. The average Bonchev–Trinajstić information content (AvgIpc) is 2.82. The van der Waals surface area contributed by atoms with Crippen LogP contribution < -0.4 is 10.1 Å². The first kappa shape index (κ1) is 22.4. The third kappa shape index (κ3) is 5.88. The lowest BCUT2D eigenvalue weighted by Crippen LogP contribution is -2.27. The molecule has 0 fully saturated rings. The van der Waals surface area contributed by atoms with Gasteiger partial charge in [-0.1, -0.05) is 28.7 Å². The van der Waals surface area contributed by atoms with Crippen molar-refractivity contribution in [2.75, 3.05) is 14.2 Å². The Morgan fingerprint density at radius 3 is 2.52 bits per heavy atom. The Hall–Kier alpha value is -3.27. The molecular formula is C22H23N3O5S. The number of aromatic nitrogens is 1. The van der Waals surface area contributed by atoms with Crippen LogP contribution in [0.15, 0.2) is 77.8 Å². The maximum Gasteiger partial charge on any atom is 0.264 e. The van der Waals surface area contributed by atoms with Crippen molar-refractivity contribution in [1.82, 2.24) is 14.8 Å². The fraction of sp³-hybridized carbons (Fsp3) is 0.182. The summed E-state index contributed by atoms with van der Waals surface area (Å²) in [5.41, 5.74) is 1.95. The molecule has 0 aliphatic heterocycles. The fourth-order valence-electron chi connectivity index (χ4n) is 2.67. The normalized spacial score (nSPS) is 11.3. The molecule has 0 unspecified atom stereocenters. The largest absolute Gasteiger partial charge is 0.487 e. The minimum Gasteiger partial charge on any atom is -0.487 e. The van der Waals surface area contributed by atoms with Gasteiger partial charge in [-0.3, -0.25) is 14.6 Å². The smallest absolute Gasteiger partial charge is 0.264 e. The summed E-state index contributed by atoms with van der Waals surface area (Å²) in [6.07, 6.45) is 1.71. The van der Waals surface area contributed by atoms with E-state index in [4.69, 9.17) is 9.57 Å². The maximum atomic E-state index is 12.5. The summed E-state index contributed by atoms with van der Waals surface area (Å²) in [7, 11) is -1.29. The highest BCUT2D eigenvalue weighted by molar-refractivity contribution is 7.89. The first-order valence-corrected chi connectivity index (χ1v) is 10.9. The Bertz CT molecular complexity index is 1120. The van der Waals surface area contributed by atoms with Gasteiger partial charge in [0.1, 0.15) is 12.4 Å². The van der Waals surface area contributed by atoms with E-state index in [1.807, 2.05) is 42.5 Å². The van der Waals surface area contributed by atoms with Gasteiger partial charge in [-0.2, -0.15) is 0 Å². The topological polar surface area (TPSA) is 97.8 Å². The molecule has 8 nitrogen and oxygen atoms in total. The van der Waals surface area contributed by atoms with Crippen LogP contribution in [0.25, 0.3) is 0 Å². The summed E-state index contributed by atoms with van der Waals surface area (Å²) in [6, 6.07) is 18.8. The van der Waals surface area contributed by atoms with Crippen LogP contribution in [-0.4, -0.2) is 37.9 Å². The number of benzene rings is 2. The standard InChI is InChI=1S/C22H23N3O5S/c1-25(29-2)31(27,28)21-8-5-6-18(14-21)22(26)24-15-17-9-11-20(12-10-17)30-16-19-7-3-4-13-23-19/h3-14H,15-16H2,1-2H3,(H,24,26). The van der Waals surface area contributed by atoms with Crippen molar-refractivity contribution in [3.63, 3.8) is 0 Å². The molecule has 0 saturated carbocycles. The number of amides is 1. The Labute approximate surface area is 181 Å². The van der Waals surface area contributed by atoms with Gasteiger partial charge in [0.2, 0.25) is 0 Å². The number of hydroxylamine groups is 1. The zero-order valence-electron chi connectivity index (χ0n) is 17.2. The lowest BCUT2D eigenvalue weighted by molar-refractivity contribution is -0.0258. The quantitative estimate of drug-likeness (QED) is 0.513. The van der Waals surface area contributed by atoms with E-state index in [0.717, 1.165) is 15.7 Å². The summed E-state index contributed by atoms with van der Waals surface area (Å²) in [5, 5.41) is 2.79. The minimum atomic E-state index is -3.83. The molecule has 0 atom stereocenters. The number of nitrogens with one attached hydrogen (secondary N) is 1. The number of carbonyl (C=O) groups is 1. The van der Waals surface area contributed by atoms with Gasteiger partial charge in [-0.05, 0) is 48.0 Å². The molecule has 3 rings (SSSR count).